The number of benzene rings is 1. The molecule has 1 N–H and O–H groups in total. The van der Waals surface area contributed by atoms with Gasteiger partial charge in [0.05, 0.1) is 24.8 Å². The maximum absolute atomic E-state index is 12.8. The average Bonchev–Trinajstić information content (AvgIpc) is 2.93. The minimum atomic E-state index is -0.311. The van der Waals surface area contributed by atoms with Gasteiger partial charge >= 0.3 is 5.97 Å². The Morgan fingerprint density at radius 2 is 2.13 bits per heavy atom. The molecule has 1 unspecified atom stereocenters. The van der Waals surface area contributed by atoms with E-state index in [1.165, 1.54) is 4.90 Å². The van der Waals surface area contributed by atoms with E-state index in [0.29, 0.717) is 49.5 Å². The van der Waals surface area contributed by atoms with E-state index in [-0.39, 0.29) is 36.2 Å². The van der Waals surface area contributed by atoms with Crippen LogP contribution in [-0.2, 0) is 19.1 Å². The summed E-state index contributed by atoms with van der Waals surface area (Å²) >= 11 is 1.57. The van der Waals surface area contributed by atoms with Crippen molar-refractivity contribution in [2.45, 2.75) is 31.1 Å². The van der Waals surface area contributed by atoms with Gasteiger partial charge in [-0.25, -0.2) is 0 Å². The molecular weight excluding hydrogens is 406 g/mol. The first kappa shape index (κ1) is 22.1. The molecule has 1 fully saturated rings. The molecule has 0 aliphatic carbocycles. The molecule has 3 rings (SSSR count). The van der Waals surface area contributed by atoms with Crippen LogP contribution in [-0.4, -0.2) is 72.5 Å². The highest BCUT2D eigenvalue weighted by atomic mass is 32.2. The summed E-state index contributed by atoms with van der Waals surface area (Å²) in [6.07, 6.45) is 1.87. The van der Waals surface area contributed by atoms with Crippen LogP contribution in [0.15, 0.2) is 23.1 Å². The Morgan fingerprint density at radius 1 is 1.33 bits per heavy atom. The van der Waals surface area contributed by atoms with E-state index < -0.39 is 0 Å². The standard InChI is InChI=1S/C21H27N3O5S/c1-3-29-21(28)15-5-4-9-24(12-15)19(26)13-23(2)20(27)14-6-7-17-16(11-14)22-18(25)8-10-30-17/h6-7,11,15H,3-5,8-10,12-13H2,1-2H3,(H,22,25). The molecule has 0 radical (unpaired) electrons. The fourth-order valence-corrected chi connectivity index (χ4v) is 4.54. The predicted molar refractivity (Wildman–Crippen MR) is 113 cm³/mol. The summed E-state index contributed by atoms with van der Waals surface area (Å²) in [6.45, 7) is 2.89. The van der Waals surface area contributed by atoms with Crippen molar-refractivity contribution in [3.8, 4) is 0 Å². The average molecular weight is 434 g/mol. The van der Waals surface area contributed by atoms with Crippen LogP contribution in [0.2, 0.25) is 0 Å². The number of esters is 1. The van der Waals surface area contributed by atoms with Crippen molar-refractivity contribution in [1.29, 1.82) is 0 Å². The van der Waals surface area contributed by atoms with Gasteiger partial charge in [0.2, 0.25) is 11.8 Å². The highest BCUT2D eigenvalue weighted by Gasteiger charge is 2.30. The minimum absolute atomic E-state index is 0.0735. The molecule has 2 aliphatic rings. The topological polar surface area (TPSA) is 96.0 Å². The first-order chi connectivity index (χ1) is 14.4. The first-order valence-corrected chi connectivity index (χ1v) is 11.1. The lowest BCUT2D eigenvalue weighted by molar-refractivity contribution is -0.151. The molecule has 1 aromatic carbocycles. The number of anilines is 1. The molecular formula is C21H27N3O5S. The largest absolute Gasteiger partial charge is 0.466 e. The lowest BCUT2D eigenvalue weighted by Crippen LogP contribution is -2.47. The second kappa shape index (κ2) is 9.97. The lowest BCUT2D eigenvalue weighted by atomic mass is 9.98. The summed E-state index contributed by atoms with van der Waals surface area (Å²) in [7, 11) is 1.58. The van der Waals surface area contributed by atoms with Crippen LogP contribution in [0, 0.1) is 5.92 Å². The van der Waals surface area contributed by atoms with Gasteiger partial charge in [-0.15, -0.1) is 11.8 Å². The molecule has 3 amide bonds. The van der Waals surface area contributed by atoms with E-state index in [0.717, 1.165) is 11.3 Å². The summed E-state index contributed by atoms with van der Waals surface area (Å²) in [4.78, 5) is 53.2. The third-order valence-electron chi connectivity index (χ3n) is 5.20. The Bertz CT molecular complexity index is 844. The van der Waals surface area contributed by atoms with Crippen LogP contribution in [0.3, 0.4) is 0 Å². The number of hydrogen-bond acceptors (Lipinski definition) is 6. The fraction of sp³-hybridized carbons (Fsp3) is 0.524. The van der Waals surface area contributed by atoms with Crippen molar-refractivity contribution in [1.82, 2.24) is 9.80 Å². The minimum Gasteiger partial charge on any atom is -0.466 e. The SMILES string of the molecule is CCOC(=O)C1CCCN(C(=O)CN(C)C(=O)c2ccc3c(c2)NC(=O)CCS3)C1. The summed E-state index contributed by atoms with van der Waals surface area (Å²) in [5, 5.41) is 2.83. The molecule has 8 nitrogen and oxygen atoms in total. The molecule has 0 bridgehead atoms. The van der Waals surface area contributed by atoms with Crippen molar-refractivity contribution >= 4 is 41.1 Å². The molecule has 1 aromatic rings. The smallest absolute Gasteiger partial charge is 0.310 e. The van der Waals surface area contributed by atoms with E-state index in [9.17, 15) is 19.2 Å². The third kappa shape index (κ3) is 5.33. The van der Waals surface area contributed by atoms with Crippen molar-refractivity contribution < 1.29 is 23.9 Å². The number of likely N-dealkylation sites (N-methyl/N-ethyl adjacent to an activating group) is 1. The van der Waals surface area contributed by atoms with E-state index in [1.54, 1.807) is 42.8 Å². The summed E-state index contributed by atoms with van der Waals surface area (Å²) in [5.41, 5.74) is 1.04. The van der Waals surface area contributed by atoms with Gasteiger partial charge in [0, 0.05) is 42.8 Å². The van der Waals surface area contributed by atoms with Crippen molar-refractivity contribution in [2.75, 3.05) is 44.4 Å². The Morgan fingerprint density at radius 3 is 2.90 bits per heavy atom. The number of fused-ring (bicyclic) bond motifs is 1. The molecule has 0 spiro atoms. The highest BCUT2D eigenvalue weighted by Crippen LogP contribution is 2.31. The molecule has 1 atom stereocenters. The van der Waals surface area contributed by atoms with Gasteiger partial charge < -0.3 is 19.9 Å². The van der Waals surface area contributed by atoms with Crippen LogP contribution >= 0.6 is 11.8 Å². The number of piperidine rings is 1. The number of likely N-dealkylation sites (tertiary alicyclic amines) is 1. The van der Waals surface area contributed by atoms with Gasteiger partial charge in [-0.1, -0.05) is 0 Å². The van der Waals surface area contributed by atoms with Crippen LogP contribution in [0.1, 0.15) is 36.5 Å². The zero-order chi connectivity index (χ0) is 21.7. The van der Waals surface area contributed by atoms with E-state index in [1.807, 2.05) is 6.07 Å². The third-order valence-corrected chi connectivity index (χ3v) is 6.28. The lowest BCUT2D eigenvalue weighted by Gasteiger charge is -2.32. The molecule has 162 valence electrons. The Kier molecular flexibility index (Phi) is 7.36. The van der Waals surface area contributed by atoms with Gasteiger partial charge in [0.15, 0.2) is 0 Å². The summed E-state index contributed by atoms with van der Waals surface area (Å²) in [5.74, 6) is -0.454. The molecule has 0 saturated carbocycles. The second-order valence-electron chi connectivity index (χ2n) is 7.45. The van der Waals surface area contributed by atoms with Gasteiger partial charge in [-0.3, -0.25) is 19.2 Å². The number of thioether (sulfide) groups is 1. The van der Waals surface area contributed by atoms with Crippen LogP contribution in [0.5, 0.6) is 0 Å². The van der Waals surface area contributed by atoms with E-state index in [4.69, 9.17) is 4.74 Å². The van der Waals surface area contributed by atoms with Crippen molar-refractivity contribution in [2.24, 2.45) is 5.92 Å². The molecule has 30 heavy (non-hydrogen) atoms. The fourth-order valence-electron chi connectivity index (χ4n) is 3.60. The molecule has 2 aliphatic heterocycles. The Balaban J connectivity index is 1.62. The second-order valence-corrected chi connectivity index (χ2v) is 8.59. The van der Waals surface area contributed by atoms with Crippen molar-refractivity contribution in [3.63, 3.8) is 0 Å². The molecule has 9 heteroatoms. The van der Waals surface area contributed by atoms with E-state index in [2.05, 4.69) is 5.32 Å². The van der Waals surface area contributed by atoms with Crippen LogP contribution in [0.25, 0.3) is 0 Å². The number of ether oxygens (including phenoxy) is 1. The zero-order valence-corrected chi connectivity index (χ0v) is 18.1. The van der Waals surface area contributed by atoms with Gasteiger partial charge in [-0.2, -0.15) is 0 Å². The number of nitrogens with one attached hydrogen (secondary N) is 1. The highest BCUT2D eigenvalue weighted by molar-refractivity contribution is 7.99. The first-order valence-electron chi connectivity index (χ1n) is 10.2. The van der Waals surface area contributed by atoms with Gasteiger partial charge in [-0.05, 0) is 38.0 Å². The summed E-state index contributed by atoms with van der Waals surface area (Å²) in [6, 6.07) is 5.19. The predicted octanol–water partition coefficient (Wildman–Crippen LogP) is 1.99. The number of rotatable bonds is 5. The molecule has 0 aromatic heterocycles. The number of hydrogen-bond donors (Lipinski definition) is 1. The molecule has 2 heterocycles. The number of amides is 3. The monoisotopic (exact) mass is 433 g/mol. The Labute approximate surface area is 180 Å². The maximum atomic E-state index is 12.8. The molecule has 1 saturated heterocycles. The van der Waals surface area contributed by atoms with Crippen LogP contribution in [0.4, 0.5) is 5.69 Å². The normalized spacial score (nSPS) is 18.7. The summed E-state index contributed by atoms with van der Waals surface area (Å²) < 4.78 is 5.08. The van der Waals surface area contributed by atoms with Gasteiger partial charge in [0.25, 0.3) is 5.91 Å². The quantitative estimate of drug-likeness (QED) is 0.714. The zero-order valence-electron chi connectivity index (χ0n) is 17.3. The van der Waals surface area contributed by atoms with E-state index >= 15 is 0 Å². The van der Waals surface area contributed by atoms with Crippen LogP contribution < -0.4 is 5.32 Å². The number of nitrogens with zero attached hydrogens (tertiary/aromatic N) is 2. The van der Waals surface area contributed by atoms with Gasteiger partial charge in [0.1, 0.15) is 0 Å². The number of carbonyl (C=O) groups excluding carboxylic acids is 4. The Hall–Kier alpha value is -2.55. The number of carbonyl (C=O) groups is 4. The maximum Gasteiger partial charge on any atom is 0.310 e. The van der Waals surface area contributed by atoms with Crippen molar-refractivity contribution in [3.05, 3.63) is 23.8 Å².